The summed E-state index contributed by atoms with van der Waals surface area (Å²) in [6.45, 7) is -0.495. The van der Waals surface area contributed by atoms with Crippen molar-refractivity contribution in [2.45, 2.75) is 139 Å². The van der Waals surface area contributed by atoms with Crippen LogP contribution in [0.25, 0.3) is 0 Å². The SMILES string of the molecule is COC(=O)CCCCCCCCO[C@H]1O[C@H](CO[C@H]2O[C@H](CO[C@H]3O[C@H](CO)[C@@H](OCc4ccccc4)[C@@H]3OC(=O)c3ccccc3)[C@@H](OCc3ccccc3)[C@@H]2OC(=O)c2ccccc2)[C@@H](OCc2ccccc2)[C@@H]1OC(=O)c1ccccc1. The highest BCUT2D eigenvalue weighted by molar-refractivity contribution is 5.90. The molecule has 3 aliphatic rings. The molecule has 0 unspecified atom stereocenters. The smallest absolute Gasteiger partial charge is 0.338 e. The Morgan fingerprint density at radius 1 is 0.376 bits per heavy atom. The first-order valence-electron chi connectivity index (χ1n) is 29.0. The summed E-state index contributed by atoms with van der Waals surface area (Å²) in [4.78, 5) is 53.5. The number of benzene rings is 6. The van der Waals surface area contributed by atoms with Gasteiger partial charge < -0.3 is 66.7 Å². The van der Waals surface area contributed by atoms with Crippen molar-refractivity contribution in [3.05, 3.63) is 215 Å². The van der Waals surface area contributed by atoms with E-state index < -0.39 is 98.3 Å². The molecule has 18 heteroatoms. The minimum atomic E-state index is -1.35. The third-order valence-electron chi connectivity index (χ3n) is 14.7. The molecule has 18 nitrogen and oxygen atoms in total. The Morgan fingerprint density at radius 2 is 0.694 bits per heavy atom. The van der Waals surface area contributed by atoms with Gasteiger partial charge in [0.05, 0.1) is 63.4 Å². The van der Waals surface area contributed by atoms with Crippen LogP contribution >= 0.6 is 0 Å². The molecule has 0 amide bonds. The Bertz CT molecular complexity index is 2920. The van der Waals surface area contributed by atoms with Crippen LogP contribution in [0.5, 0.6) is 0 Å². The van der Waals surface area contributed by atoms with E-state index in [2.05, 4.69) is 0 Å². The maximum absolute atomic E-state index is 14.2. The van der Waals surface area contributed by atoms with E-state index in [1.165, 1.54) is 7.11 Å². The lowest BCUT2D eigenvalue weighted by molar-refractivity contribution is -0.219. The van der Waals surface area contributed by atoms with Crippen LogP contribution in [0.3, 0.4) is 0 Å². The fourth-order valence-electron chi connectivity index (χ4n) is 10.2. The average Bonchev–Trinajstić information content (AvgIpc) is 3.35. The van der Waals surface area contributed by atoms with Gasteiger partial charge in [-0.2, -0.15) is 0 Å². The van der Waals surface area contributed by atoms with E-state index in [-0.39, 0.29) is 56.7 Å². The fraction of sp³-hybridized carbons (Fsp3) is 0.403. The summed E-state index contributed by atoms with van der Waals surface area (Å²) in [6.07, 6.45) is -7.85. The van der Waals surface area contributed by atoms with Gasteiger partial charge in [0.1, 0.15) is 36.6 Å². The summed E-state index contributed by atoms with van der Waals surface area (Å²) in [5.74, 6) is -2.18. The van der Waals surface area contributed by atoms with Crippen LogP contribution in [0.4, 0.5) is 0 Å². The molecule has 0 saturated carbocycles. The van der Waals surface area contributed by atoms with Crippen molar-refractivity contribution < 1.29 is 85.9 Å². The van der Waals surface area contributed by atoms with Crippen LogP contribution in [-0.4, -0.2) is 136 Å². The zero-order chi connectivity index (χ0) is 59.0. The largest absolute Gasteiger partial charge is 0.469 e. The molecular weight excluding hydrogens is 1090 g/mol. The molecule has 6 aromatic carbocycles. The van der Waals surface area contributed by atoms with Crippen molar-refractivity contribution in [3.63, 3.8) is 0 Å². The highest BCUT2D eigenvalue weighted by Crippen LogP contribution is 2.36. The first-order chi connectivity index (χ1) is 41.7. The van der Waals surface area contributed by atoms with Crippen molar-refractivity contribution in [1.29, 1.82) is 0 Å². The normalized spacial score (nSPS) is 24.4. The lowest BCUT2D eigenvalue weighted by atomic mass is 10.1. The van der Waals surface area contributed by atoms with Gasteiger partial charge >= 0.3 is 23.9 Å². The summed E-state index contributed by atoms with van der Waals surface area (Å²) in [5.41, 5.74) is 3.36. The molecule has 1 N–H and O–H groups in total. The van der Waals surface area contributed by atoms with Crippen molar-refractivity contribution in [1.82, 2.24) is 0 Å². The Morgan fingerprint density at radius 3 is 1.06 bits per heavy atom. The Hall–Kier alpha value is -7.20. The van der Waals surface area contributed by atoms with Gasteiger partial charge in [-0.15, -0.1) is 0 Å². The van der Waals surface area contributed by atoms with E-state index in [1.54, 1.807) is 91.0 Å². The lowest BCUT2D eigenvalue weighted by Crippen LogP contribution is -2.44. The van der Waals surface area contributed by atoms with Gasteiger partial charge in [-0.1, -0.05) is 171 Å². The van der Waals surface area contributed by atoms with Crippen molar-refractivity contribution >= 4 is 23.9 Å². The first-order valence-corrected chi connectivity index (χ1v) is 29.0. The average molecular weight is 1170 g/mol. The summed E-state index contributed by atoms with van der Waals surface area (Å²) in [6, 6.07) is 53.9. The molecule has 0 aromatic heterocycles. The van der Waals surface area contributed by atoms with Crippen molar-refractivity contribution in [2.75, 3.05) is 33.5 Å². The number of carbonyl (C=O) groups excluding carboxylic acids is 4. The maximum atomic E-state index is 14.2. The van der Waals surface area contributed by atoms with Gasteiger partial charge in [-0.05, 0) is 65.9 Å². The molecule has 3 aliphatic heterocycles. The molecule has 9 rings (SSSR count). The van der Waals surface area contributed by atoms with Crippen LogP contribution in [0, 0.1) is 0 Å². The summed E-state index contributed by atoms with van der Waals surface area (Å²) < 4.78 is 82.8. The van der Waals surface area contributed by atoms with Gasteiger partial charge in [-0.25, -0.2) is 14.4 Å². The second-order valence-electron chi connectivity index (χ2n) is 20.8. The van der Waals surface area contributed by atoms with E-state index >= 15 is 0 Å². The maximum Gasteiger partial charge on any atom is 0.338 e. The number of methoxy groups -OCH3 is 1. The molecule has 3 fully saturated rings. The third kappa shape index (κ3) is 18.2. The zero-order valence-electron chi connectivity index (χ0n) is 47.5. The van der Waals surface area contributed by atoms with E-state index in [1.807, 2.05) is 91.0 Å². The minimum absolute atomic E-state index is 0.0563. The minimum Gasteiger partial charge on any atom is -0.469 e. The van der Waals surface area contributed by atoms with Crippen LogP contribution in [0.2, 0.25) is 0 Å². The quantitative estimate of drug-likeness (QED) is 0.0237. The zero-order valence-corrected chi connectivity index (χ0v) is 47.5. The lowest BCUT2D eigenvalue weighted by Gasteiger charge is -2.27. The molecule has 0 spiro atoms. The molecule has 3 heterocycles. The van der Waals surface area contributed by atoms with E-state index in [4.69, 9.17) is 61.6 Å². The van der Waals surface area contributed by atoms with Gasteiger partial charge in [0.2, 0.25) is 0 Å². The van der Waals surface area contributed by atoms with E-state index in [9.17, 15) is 24.3 Å². The molecule has 0 radical (unpaired) electrons. The number of unbranched alkanes of at least 4 members (excludes halogenated alkanes) is 5. The predicted octanol–water partition coefficient (Wildman–Crippen LogP) is 9.54. The van der Waals surface area contributed by atoms with Crippen LogP contribution < -0.4 is 0 Å². The summed E-state index contributed by atoms with van der Waals surface area (Å²) >= 11 is 0. The Kier molecular flexibility index (Phi) is 24.1. The second kappa shape index (κ2) is 32.9. The highest BCUT2D eigenvalue weighted by Gasteiger charge is 2.54. The van der Waals surface area contributed by atoms with Crippen LogP contribution in [-0.2, 0) is 86.2 Å². The molecular formula is C67H74O18. The van der Waals surface area contributed by atoms with Crippen molar-refractivity contribution in [3.8, 4) is 0 Å². The van der Waals surface area contributed by atoms with Gasteiger partial charge in [0.25, 0.3) is 0 Å². The Labute approximate surface area is 495 Å². The van der Waals surface area contributed by atoms with Crippen molar-refractivity contribution in [2.24, 2.45) is 0 Å². The number of rotatable bonds is 32. The fourth-order valence-corrected chi connectivity index (χ4v) is 10.2. The molecule has 450 valence electrons. The molecule has 12 atom stereocenters. The summed E-state index contributed by atoms with van der Waals surface area (Å²) in [7, 11) is 1.39. The van der Waals surface area contributed by atoms with Gasteiger partial charge in [-0.3, -0.25) is 4.79 Å². The highest BCUT2D eigenvalue weighted by atomic mass is 16.8. The number of aliphatic hydroxyl groups is 1. The van der Waals surface area contributed by atoms with Gasteiger partial charge in [0, 0.05) is 13.0 Å². The molecule has 3 saturated heterocycles. The molecule has 85 heavy (non-hydrogen) atoms. The van der Waals surface area contributed by atoms with Crippen LogP contribution in [0.1, 0.15) is 92.7 Å². The first kappa shape index (κ1) is 62.3. The number of aliphatic hydroxyl groups excluding tert-OH is 1. The molecule has 6 aromatic rings. The Balaban J connectivity index is 0.979. The number of hydrogen-bond donors (Lipinski definition) is 1. The summed E-state index contributed by atoms with van der Waals surface area (Å²) in [5, 5.41) is 10.7. The second-order valence-corrected chi connectivity index (χ2v) is 20.8. The third-order valence-corrected chi connectivity index (χ3v) is 14.7. The monoisotopic (exact) mass is 1170 g/mol. The van der Waals surface area contributed by atoms with E-state index in [0.29, 0.717) is 18.4 Å². The number of esters is 4. The molecule has 0 aliphatic carbocycles. The van der Waals surface area contributed by atoms with Crippen LogP contribution in [0.15, 0.2) is 182 Å². The van der Waals surface area contributed by atoms with E-state index in [0.717, 1.165) is 48.8 Å². The molecule has 0 bridgehead atoms. The number of carbonyl (C=O) groups is 4. The van der Waals surface area contributed by atoms with Gasteiger partial charge in [0.15, 0.2) is 37.2 Å². The number of ether oxygens (including phenoxy) is 13. The standard InChI is InChI=1S/C67H74O18/c1-73-55(69)38-24-4-2-3-5-25-39-74-65-60(84-63(71)50-34-20-10-21-35-50)57(76-42-47-28-14-7-15-29-47)53(81-65)44-79-67-61(85-64(72)51-36-22-11-23-37-51)58(77-43-48-30-16-8-17-31-48)54(82-67)45-78-66-59(83-62(70)49-32-18-9-19-33-49)56(52(40-68)80-66)75-41-46-26-12-6-13-27-46/h6-23,26-37,52-54,56-61,65-68H,2-5,24-25,38-45H2,1H3/t52-,53-,54-,56-,57-,58-,59+,60+,61+,65+,66+,67+/m1/s1. The number of hydrogen-bond acceptors (Lipinski definition) is 18. The topological polar surface area (TPSA) is 208 Å². The predicted molar refractivity (Wildman–Crippen MR) is 307 cm³/mol.